The van der Waals surface area contributed by atoms with Crippen molar-refractivity contribution in [1.82, 2.24) is 14.9 Å². The zero-order valence-electron chi connectivity index (χ0n) is 9.88. The summed E-state index contributed by atoms with van der Waals surface area (Å²) >= 11 is 6.04. The van der Waals surface area contributed by atoms with Crippen molar-refractivity contribution in [2.45, 2.75) is 18.9 Å². The first-order valence-electron chi connectivity index (χ1n) is 5.97. The fourth-order valence-corrected chi connectivity index (χ4v) is 2.90. The van der Waals surface area contributed by atoms with E-state index in [2.05, 4.69) is 33.2 Å². The molecule has 92 valence electrons. The minimum absolute atomic E-state index is 0.485. The molecule has 0 radical (unpaired) electrons. The van der Waals surface area contributed by atoms with Gasteiger partial charge in [0, 0.05) is 19.1 Å². The number of rotatable bonds is 1. The maximum Gasteiger partial charge on any atom is 0.176 e. The van der Waals surface area contributed by atoms with Crippen molar-refractivity contribution in [3.05, 3.63) is 11.8 Å². The fraction of sp³-hybridized carbons (Fsp3) is 0.636. The second kappa shape index (κ2) is 4.40. The molecule has 0 aliphatic carbocycles. The maximum absolute atomic E-state index is 6.04. The van der Waals surface area contributed by atoms with E-state index >= 15 is 0 Å². The lowest BCUT2D eigenvalue weighted by molar-refractivity contribution is 0.0268. The van der Waals surface area contributed by atoms with Gasteiger partial charge in [-0.25, -0.2) is 5.01 Å². The van der Waals surface area contributed by atoms with Gasteiger partial charge in [0.25, 0.3) is 0 Å². The minimum atomic E-state index is 0.485. The van der Waals surface area contributed by atoms with Crippen molar-refractivity contribution in [1.29, 1.82) is 0 Å². The molecule has 1 fully saturated rings. The van der Waals surface area contributed by atoms with Crippen LogP contribution in [0.2, 0.25) is 0 Å². The standard InChI is InChI=1S/C11H16ClN5/c1-15-5-2-3-9(7-15)16-6-4-10-11(12)14-13-8-17(10)16/h4,8-9H,2-3,5-7H2,1H3/t9-/m1/s1. The molecular formula is C11H16ClN5. The first kappa shape index (κ1) is 11.2. The Balaban J connectivity index is 1.75. The normalized spacial score (nSPS) is 30.2. The van der Waals surface area contributed by atoms with Crippen LogP contribution < -0.4 is 0 Å². The van der Waals surface area contributed by atoms with Crippen LogP contribution in [0.1, 0.15) is 12.8 Å². The molecule has 0 amide bonds. The third-order valence-electron chi connectivity index (χ3n) is 3.53. The molecule has 0 unspecified atom stereocenters. The molecule has 5 nitrogen and oxygen atoms in total. The van der Waals surface area contributed by atoms with E-state index in [1.54, 1.807) is 6.34 Å². The average Bonchev–Trinajstić information content (AvgIpc) is 2.74. The summed E-state index contributed by atoms with van der Waals surface area (Å²) < 4.78 is 0. The van der Waals surface area contributed by atoms with E-state index in [0.29, 0.717) is 11.2 Å². The largest absolute Gasteiger partial charge is 0.305 e. The van der Waals surface area contributed by atoms with Crippen molar-refractivity contribution < 1.29 is 0 Å². The lowest BCUT2D eigenvalue weighted by Gasteiger charge is -2.40. The number of hydrazine groups is 1. The maximum atomic E-state index is 6.04. The van der Waals surface area contributed by atoms with E-state index in [-0.39, 0.29) is 0 Å². The third kappa shape index (κ3) is 1.99. The highest BCUT2D eigenvalue weighted by Gasteiger charge is 2.34. The van der Waals surface area contributed by atoms with Crippen molar-refractivity contribution in [3.8, 4) is 0 Å². The molecule has 1 saturated heterocycles. The molecule has 0 aromatic rings. The number of nitrogens with zero attached hydrogens (tertiary/aromatic N) is 5. The number of fused-ring (bicyclic) bond motifs is 1. The predicted octanol–water partition coefficient (Wildman–Crippen LogP) is 1.09. The predicted molar refractivity (Wildman–Crippen MR) is 68.9 cm³/mol. The monoisotopic (exact) mass is 253 g/mol. The van der Waals surface area contributed by atoms with Gasteiger partial charge < -0.3 is 4.90 Å². The SMILES string of the molecule is CN1CCC[C@@H](N2CC=C3C(Cl)=NN=CN32)C1. The van der Waals surface area contributed by atoms with Gasteiger partial charge in [-0.15, -0.1) is 10.2 Å². The summed E-state index contributed by atoms with van der Waals surface area (Å²) in [5.74, 6) is 0. The highest BCUT2D eigenvalue weighted by molar-refractivity contribution is 6.69. The summed E-state index contributed by atoms with van der Waals surface area (Å²) in [6, 6.07) is 0.538. The van der Waals surface area contributed by atoms with E-state index in [1.807, 2.05) is 5.01 Å². The van der Waals surface area contributed by atoms with Crippen LogP contribution in [-0.4, -0.2) is 59.2 Å². The number of likely N-dealkylation sites (N-methyl/N-ethyl adjacent to an activating group) is 1. The van der Waals surface area contributed by atoms with Crippen molar-refractivity contribution in [2.24, 2.45) is 10.2 Å². The van der Waals surface area contributed by atoms with Crippen LogP contribution >= 0.6 is 11.6 Å². The molecule has 0 saturated carbocycles. The van der Waals surface area contributed by atoms with E-state index in [9.17, 15) is 0 Å². The summed E-state index contributed by atoms with van der Waals surface area (Å²) in [6.45, 7) is 3.19. The van der Waals surface area contributed by atoms with Gasteiger partial charge in [-0.1, -0.05) is 11.6 Å². The summed E-state index contributed by atoms with van der Waals surface area (Å²) in [5, 5.41) is 12.6. The van der Waals surface area contributed by atoms with Crippen LogP contribution in [0.15, 0.2) is 22.0 Å². The topological polar surface area (TPSA) is 34.4 Å². The number of piperidine rings is 1. The molecule has 3 aliphatic rings. The Hall–Kier alpha value is -0.910. The molecule has 17 heavy (non-hydrogen) atoms. The fourth-order valence-electron chi connectivity index (χ4n) is 2.69. The second-order valence-electron chi connectivity index (χ2n) is 4.74. The molecular weight excluding hydrogens is 238 g/mol. The second-order valence-corrected chi connectivity index (χ2v) is 5.09. The quantitative estimate of drug-likeness (QED) is 0.702. The average molecular weight is 254 g/mol. The Labute approximate surface area is 106 Å². The van der Waals surface area contributed by atoms with Crippen molar-refractivity contribution in [2.75, 3.05) is 26.7 Å². The molecule has 3 aliphatic heterocycles. The van der Waals surface area contributed by atoms with E-state index in [4.69, 9.17) is 11.6 Å². The molecule has 0 aromatic carbocycles. The number of allylic oxidation sites excluding steroid dienone is 1. The van der Waals surface area contributed by atoms with Crippen LogP contribution in [0.25, 0.3) is 0 Å². The Kier molecular flexibility index (Phi) is 2.90. The molecule has 3 rings (SSSR count). The molecule has 0 aromatic heterocycles. The Bertz CT molecular complexity index is 403. The van der Waals surface area contributed by atoms with Crippen LogP contribution in [0.5, 0.6) is 0 Å². The molecule has 0 bridgehead atoms. The van der Waals surface area contributed by atoms with Crippen molar-refractivity contribution >= 4 is 23.1 Å². The molecule has 1 atom stereocenters. The lowest BCUT2D eigenvalue weighted by atomic mass is 10.1. The van der Waals surface area contributed by atoms with Gasteiger partial charge in [0.1, 0.15) is 6.34 Å². The van der Waals surface area contributed by atoms with Gasteiger partial charge >= 0.3 is 0 Å². The Morgan fingerprint density at radius 2 is 2.35 bits per heavy atom. The van der Waals surface area contributed by atoms with Crippen molar-refractivity contribution in [3.63, 3.8) is 0 Å². The van der Waals surface area contributed by atoms with Gasteiger partial charge in [0.15, 0.2) is 5.17 Å². The summed E-state index contributed by atoms with van der Waals surface area (Å²) in [6.07, 6.45) is 6.34. The van der Waals surface area contributed by atoms with E-state index in [0.717, 1.165) is 18.8 Å². The highest BCUT2D eigenvalue weighted by Crippen LogP contribution is 2.26. The zero-order chi connectivity index (χ0) is 11.8. The van der Waals surface area contributed by atoms with Gasteiger partial charge in [-0.2, -0.15) is 0 Å². The smallest absolute Gasteiger partial charge is 0.176 e. The number of likely N-dealkylation sites (tertiary alicyclic amines) is 1. The first-order valence-corrected chi connectivity index (χ1v) is 6.35. The van der Waals surface area contributed by atoms with Crippen LogP contribution in [-0.2, 0) is 0 Å². The zero-order valence-corrected chi connectivity index (χ0v) is 10.6. The lowest BCUT2D eigenvalue weighted by Crippen LogP contribution is -2.51. The molecule has 0 N–H and O–H groups in total. The molecule has 3 heterocycles. The van der Waals surface area contributed by atoms with E-state index in [1.165, 1.54) is 19.4 Å². The van der Waals surface area contributed by atoms with Crippen LogP contribution in [0.3, 0.4) is 0 Å². The van der Waals surface area contributed by atoms with Gasteiger partial charge in [0.2, 0.25) is 0 Å². The Morgan fingerprint density at radius 1 is 1.47 bits per heavy atom. The van der Waals surface area contributed by atoms with Crippen LogP contribution in [0, 0.1) is 0 Å². The summed E-state index contributed by atoms with van der Waals surface area (Å²) in [7, 11) is 2.18. The third-order valence-corrected chi connectivity index (χ3v) is 3.80. The number of hydrogen-bond donors (Lipinski definition) is 0. The minimum Gasteiger partial charge on any atom is -0.305 e. The summed E-state index contributed by atoms with van der Waals surface area (Å²) in [5.41, 5.74) is 0.967. The molecule has 6 heteroatoms. The highest BCUT2D eigenvalue weighted by atomic mass is 35.5. The Morgan fingerprint density at radius 3 is 3.18 bits per heavy atom. The van der Waals surface area contributed by atoms with E-state index < -0.39 is 0 Å². The number of halogens is 1. The molecule has 0 spiro atoms. The summed E-state index contributed by atoms with van der Waals surface area (Å²) in [4.78, 5) is 2.38. The van der Waals surface area contributed by atoms with Gasteiger partial charge in [0.05, 0.1) is 5.70 Å². The van der Waals surface area contributed by atoms with Gasteiger partial charge in [-0.3, -0.25) is 5.01 Å². The van der Waals surface area contributed by atoms with Gasteiger partial charge in [-0.05, 0) is 32.5 Å². The van der Waals surface area contributed by atoms with Crippen LogP contribution in [0.4, 0.5) is 0 Å². The first-order chi connectivity index (χ1) is 8.25. The number of hydrogen-bond acceptors (Lipinski definition) is 5.